The number of aliphatic hydroxyl groups is 1. The van der Waals surface area contributed by atoms with Gasteiger partial charge in [0.2, 0.25) is 0 Å². The van der Waals surface area contributed by atoms with E-state index in [2.05, 4.69) is 20.3 Å². The first-order chi connectivity index (χ1) is 9.08. The molecule has 0 aliphatic carbocycles. The summed E-state index contributed by atoms with van der Waals surface area (Å²) in [5.41, 5.74) is 2.79. The Hall–Kier alpha value is -2.01. The molecule has 0 fully saturated rings. The third-order valence-electron chi connectivity index (χ3n) is 2.87. The van der Waals surface area contributed by atoms with Gasteiger partial charge < -0.3 is 10.4 Å². The molecule has 0 saturated carbocycles. The number of nitrogens with one attached hydrogen (secondary N) is 1. The van der Waals surface area contributed by atoms with Crippen LogP contribution in [0.15, 0.2) is 24.5 Å². The number of aryl methyl sites for hydroxylation is 1. The van der Waals surface area contributed by atoms with Gasteiger partial charge in [-0.2, -0.15) is 0 Å². The van der Waals surface area contributed by atoms with Crippen LogP contribution in [-0.4, -0.2) is 32.7 Å². The minimum atomic E-state index is -0.420. The Morgan fingerprint density at radius 3 is 2.74 bits per heavy atom. The van der Waals surface area contributed by atoms with Crippen molar-refractivity contribution in [3.05, 3.63) is 35.8 Å². The Balaban J connectivity index is 2.36. The number of aliphatic hydroxyl groups excluding tert-OH is 1. The van der Waals surface area contributed by atoms with E-state index in [0.717, 1.165) is 22.6 Å². The van der Waals surface area contributed by atoms with Gasteiger partial charge in [0.25, 0.3) is 0 Å². The summed E-state index contributed by atoms with van der Waals surface area (Å²) in [4.78, 5) is 13.1. The fourth-order valence-corrected chi connectivity index (χ4v) is 1.67. The second kappa shape index (κ2) is 5.75. The average Bonchev–Trinajstić information content (AvgIpc) is 2.41. The predicted octanol–water partition coefficient (Wildman–Crippen LogP) is 1.95. The van der Waals surface area contributed by atoms with Gasteiger partial charge in [-0.15, -0.1) is 0 Å². The van der Waals surface area contributed by atoms with Gasteiger partial charge in [-0.25, -0.2) is 9.97 Å². The molecule has 0 saturated heterocycles. The molecule has 0 aliphatic rings. The second-order valence-electron chi connectivity index (χ2n) is 4.58. The molecular weight excluding hydrogens is 240 g/mol. The number of nitrogens with zero attached hydrogens (tertiary/aromatic N) is 3. The van der Waals surface area contributed by atoms with Crippen molar-refractivity contribution in [2.75, 3.05) is 11.9 Å². The summed E-state index contributed by atoms with van der Waals surface area (Å²) in [6.07, 6.45) is 3.04. The van der Waals surface area contributed by atoms with Gasteiger partial charge >= 0.3 is 0 Å². The Morgan fingerprint density at radius 1 is 1.32 bits per heavy atom. The lowest BCUT2D eigenvalue weighted by molar-refractivity contribution is 0.208. The van der Waals surface area contributed by atoms with Gasteiger partial charge in [0.1, 0.15) is 5.82 Å². The maximum Gasteiger partial charge on any atom is 0.163 e. The normalized spacial score (nSPS) is 12.2. The first kappa shape index (κ1) is 13.4. The van der Waals surface area contributed by atoms with Crippen molar-refractivity contribution in [2.24, 2.45) is 0 Å². The van der Waals surface area contributed by atoms with Crippen molar-refractivity contribution in [1.29, 1.82) is 0 Å². The van der Waals surface area contributed by atoms with E-state index in [0.29, 0.717) is 12.4 Å². The van der Waals surface area contributed by atoms with Gasteiger partial charge in [-0.3, -0.25) is 4.98 Å². The van der Waals surface area contributed by atoms with E-state index >= 15 is 0 Å². The molecule has 2 aromatic rings. The Labute approximate surface area is 112 Å². The molecule has 2 rings (SSSR count). The van der Waals surface area contributed by atoms with Crippen molar-refractivity contribution in [3.63, 3.8) is 0 Å². The number of aromatic nitrogens is 3. The number of hydrogen-bond donors (Lipinski definition) is 2. The summed E-state index contributed by atoms with van der Waals surface area (Å²) < 4.78 is 0. The quantitative estimate of drug-likeness (QED) is 0.877. The Morgan fingerprint density at radius 2 is 2.11 bits per heavy atom. The van der Waals surface area contributed by atoms with E-state index in [4.69, 9.17) is 0 Å². The monoisotopic (exact) mass is 258 g/mol. The van der Waals surface area contributed by atoms with E-state index < -0.39 is 6.10 Å². The number of hydrogen-bond acceptors (Lipinski definition) is 5. The molecule has 2 aromatic heterocycles. The van der Waals surface area contributed by atoms with Gasteiger partial charge in [-0.1, -0.05) is 0 Å². The molecule has 0 spiro atoms. The SMILES string of the molecule is Cc1nc(-c2cccnc2)nc(NCC(C)O)c1C. The molecule has 0 aliphatic heterocycles. The zero-order chi connectivity index (χ0) is 13.8. The molecule has 100 valence electrons. The van der Waals surface area contributed by atoms with E-state index in [1.807, 2.05) is 26.0 Å². The maximum atomic E-state index is 9.34. The van der Waals surface area contributed by atoms with E-state index in [9.17, 15) is 5.11 Å². The van der Waals surface area contributed by atoms with Crippen LogP contribution in [0.4, 0.5) is 5.82 Å². The summed E-state index contributed by atoms with van der Waals surface area (Å²) in [7, 11) is 0. The van der Waals surface area contributed by atoms with Gasteiger partial charge in [0.05, 0.1) is 6.10 Å². The molecule has 5 heteroatoms. The lowest BCUT2D eigenvalue weighted by Gasteiger charge is -2.13. The molecule has 0 aromatic carbocycles. The molecule has 0 bridgehead atoms. The van der Waals surface area contributed by atoms with Gasteiger partial charge in [-0.05, 0) is 32.9 Å². The molecular formula is C14H18N4O. The van der Waals surface area contributed by atoms with Crippen LogP contribution in [0.3, 0.4) is 0 Å². The highest BCUT2D eigenvalue weighted by Gasteiger charge is 2.10. The predicted molar refractivity (Wildman–Crippen MR) is 74.9 cm³/mol. The third-order valence-corrected chi connectivity index (χ3v) is 2.87. The summed E-state index contributed by atoms with van der Waals surface area (Å²) >= 11 is 0. The molecule has 0 amide bonds. The van der Waals surface area contributed by atoms with Crippen LogP contribution >= 0.6 is 0 Å². The smallest absolute Gasteiger partial charge is 0.163 e. The van der Waals surface area contributed by atoms with Crippen molar-refractivity contribution in [3.8, 4) is 11.4 Å². The lowest BCUT2D eigenvalue weighted by atomic mass is 10.2. The number of pyridine rings is 1. The summed E-state index contributed by atoms with van der Waals surface area (Å²) in [5.74, 6) is 1.40. The van der Waals surface area contributed by atoms with Gasteiger partial charge in [0.15, 0.2) is 5.82 Å². The molecule has 5 nitrogen and oxygen atoms in total. The highest BCUT2D eigenvalue weighted by Crippen LogP contribution is 2.20. The van der Waals surface area contributed by atoms with Crippen LogP contribution < -0.4 is 5.32 Å². The lowest BCUT2D eigenvalue weighted by Crippen LogP contribution is -2.17. The minimum absolute atomic E-state index is 0.420. The molecule has 19 heavy (non-hydrogen) atoms. The minimum Gasteiger partial charge on any atom is -0.392 e. The van der Waals surface area contributed by atoms with E-state index in [1.54, 1.807) is 19.3 Å². The van der Waals surface area contributed by atoms with Crippen molar-refractivity contribution >= 4 is 5.82 Å². The number of anilines is 1. The van der Waals surface area contributed by atoms with Crippen molar-refractivity contribution in [2.45, 2.75) is 26.9 Å². The van der Waals surface area contributed by atoms with Crippen LogP contribution in [0.2, 0.25) is 0 Å². The van der Waals surface area contributed by atoms with Crippen molar-refractivity contribution < 1.29 is 5.11 Å². The van der Waals surface area contributed by atoms with Crippen LogP contribution in [0.25, 0.3) is 11.4 Å². The Kier molecular flexibility index (Phi) is 4.06. The molecule has 2 heterocycles. The fraction of sp³-hybridized carbons (Fsp3) is 0.357. The third kappa shape index (κ3) is 3.26. The summed E-state index contributed by atoms with van der Waals surface area (Å²) in [5, 5.41) is 12.5. The fourth-order valence-electron chi connectivity index (χ4n) is 1.67. The van der Waals surface area contributed by atoms with E-state index in [1.165, 1.54) is 0 Å². The van der Waals surface area contributed by atoms with Crippen molar-refractivity contribution in [1.82, 2.24) is 15.0 Å². The average molecular weight is 258 g/mol. The molecule has 0 radical (unpaired) electrons. The highest BCUT2D eigenvalue weighted by atomic mass is 16.3. The zero-order valence-corrected chi connectivity index (χ0v) is 11.4. The first-order valence-corrected chi connectivity index (χ1v) is 6.25. The standard InChI is InChI=1S/C14H18N4O/c1-9(19)7-16-13-10(2)11(3)17-14(18-13)12-5-4-6-15-8-12/h4-6,8-9,19H,7H2,1-3H3,(H,16,17,18). The van der Waals surface area contributed by atoms with E-state index in [-0.39, 0.29) is 0 Å². The van der Waals surface area contributed by atoms with Gasteiger partial charge in [0, 0.05) is 35.8 Å². The molecule has 2 N–H and O–H groups in total. The summed E-state index contributed by atoms with van der Waals surface area (Å²) in [6.45, 7) is 6.11. The number of rotatable bonds is 4. The molecule has 1 atom stereocenters. The highest BCUT2D eigenvalue weighted by molar-refractivity contribution is 5.58. The zero-order valence-electron chi connectivity index (χ0n) is 11.4. The Bertz CT molecular complexity index is 555. The second-order valence-corrected chi connectivity index (χ2v) is 4.58. The van der Waals surface area contributed by atoms with Crippen LogP contribution in [0, 0.1) is 13.8 Å². The maximum absolute atomic E-state index is 9.34. The van der Waals surface area contributed by atoms with Crippen LogP contribution in [0.5, 0.6) is 0 Å². The van der Waals surface area contributed by atoms with Crippen LogP contribution in [0.1, 0.15) is 18.2 Å². The molecule has 1 unspecified atom stereocenters. The topological polar surface area (TPSA) is 70.9 Å². The van der Waals surface area contributed by atoms with Crippen LogP contribution in [-0.2, 0) is 0 Å². The first-order valence-electron chi connectivity index (χ1n) is 6.25. The largest absolute Gasteiger partial charge is 0.392 e. The summed E-state index contributed by atoms with van der Waals surface area (Å²) in [6, 6.07) is 3.78.